The lowest BCUT2D eigenvalue weighted by molar-refractivity contribution is 0.345. The Morgan fingerprint density at radius 1 is 0.472 bits per heavy atom. The van der Waals surface area contributed by atoms with Gasteiger partial charge in [-0.1, -0.05) is 133 Å². The fourth-order valence-corrected chi connectivity index (χ4v) is 7.12. The van der Waals surface area contributed by atoms with Crippen LogP contribution in [0.15, 0.2) is 140 Å². The monoisotopic (exact) mass is 482 g/mol. The summed E-state index contributed by atoms with van der Waals surface area (Å²) >= 11 is 0. The number of benzene rings is 6. The van der Waals surface area contributed by atoms with Gasteiger partial charge in [-0.15, -0.1) is 0 Å². The van der Waals surface area contributed by atoms with E-state index < -0.39 is 7.92 Å². The highest BCUT2D eigenvalue weighted by Crippen LogP contribution is 2.41. The smallest absolute Gasteiger partial charge is 0.127 e. The largest absolute Gasteiger partial charge is 0.493 e. The maximum atomic E-state index is 6.64. The van der Waals surface area contributed by atoms with Crippen LogP contribution in [0.3, 0.4) is 0 Å². The Kier molecular flexibility index (Phi) is 6.48. The van der Waals surface area contributed by atoms with Gasteiger partial charge in [0.05, 0.1) is 6.61 Å². The van der Waals surface area contributed by atoms with Crippen molar-refractivity contribution in [2.75, 3.05) is 12.8 Å². The number of hydrogen-bond donors (Lipinski definition) is 0. The van der Waals surface area contributed by atoms with Crippen LogP contribution in [-0.2, 0) is 0 Å². The first-order chi connectivity index (χ1) is 17.9. The minimum Gasteiger partial charge on any atom is -0.493 e. The predicted molar refractivity (Wildman–Crippen MR) is 156 cm³/mol. The summed E-state index contributed by atoms with van der Waals surface area (Å²) in [5.41, 5.74) is 2.39. The van der Waals surface area contributed by atoms with Gasteiger partial charge in [0.2, 0.25) is 0 Å². The number of fused-ring (bicyclic) bond motifs is 2. The third-order valence-corrected chi connectivity index (χ3v) is 9.13. The lowest BCUT2D eigenvalue weighted by Crippen LogP contribution is -2.17. The molecule has 6 rings (SSSR count). The first-order valence-corrected chi connectivity index (χ1v) is 13.9. The molecule has 174 valence electrons. The van der Waals surface area contributed by atoms with Gasteiger partial charge in [0.25, 0.3) is 0 Å². The zero-order valence-electron chi connectivity index (χ0n) is 20.0. The summed E-state index contributed by atoms with van der Waals surface area (Å²) in [6, 6.07) is 49.8. The molecule has 0 amide bonds. The Morgan fingerprint density at radius 2 is 1.03 bits per heavy atom. The summed E-state index contributed by atoms with van der Waals surface area (Å²) in [6.07, 6.45) is 0.963. The molecule has 0 aliphatic heterocycles. The Hall–Kier alpha value is -3.93. The van der Waals surface area contributed by atoms with Crippen LogP contribution in [-0.4, -0.2) is 12.8 Å². The molecular weight excluding hydrogens is 455 g/mol. The molecule has 0 aliphatic carbocycles. The van der Waals surface area contributed by atoms with Crippen LogP contribution in [0, 0.1) is 0 Å². The Bertz CT molecular complexity index is 1560. The molecule has 6 aromatic rings. The summed E-state index contributed by atoms with van der Waals surface area (Å²) in [4.78, 5) is 0. The fraction of sp³-hybridized carbons (Fsp3) is 0.0588. The van der Waals surface area contributed by atoms with Crippen LogP contribution in [0.2, 0.25) is 0 Å². The van der Waals surface area contributed by atoms with Crippen molar-refractivity contribution >= 4 is 40.1 Å². The molecule has 0 bridgehead atoms. The quantitative estimate of drug-likeness (QED) is 0.209. The van der Waals surface area contributed by atoms with Crippen LogP contribution in [0.1, 0.15) is 0 Å². The van der Waals surface area contributed by atoms with Crippen LogP contribution < -0.4 is 15.3 Å². The topological polar surface area (TPSA) is 9.23 Å². The second kappa shape index (κ2) is 10.4. The van der Waals surface area contributed by atoms with E-state index in [-0.39, 0.29) is 0 Å². The highest BCUT2D eigenvalue weighted by molar-refractivity contribution is 7.73. The van der Waals surface area contributed by atoms with Crippen molar-refractivity contribution in [3.05, 3.63) is 140 Å². The van der Waals surface area contributed by atoms with E-state index in [9.17, 15) is 0 Å². The number of rotatable bonds is 7. The summed E-state index contributed by atoms with van der Waals surface area (Å²) in [6.45, 7) is 0.658. The maximum Gasteiger partial charge on any atom is 0.127 e. The summed E-state index contributed by atoms with van der Waals surface area (Å²) in [5, 5.41) is 7.70. The van der Waals surface area contributed by atoms with Gasteiger partial charge in [-0.25, -0.2) is 0 Å². The summed E-state index contributed by atoms with van der Waals surface area (Å²) in [5.74, 6) is 0.945. The van der Waals surface area contributed by atoms with Crippen LogP contribution >= 0.6 is 7.92 Å². The molecule has 36 heavy (non-hydrogen) atoms. The molecule has 0 radical (unpaired) electrons. The van der Waals surface area contributed by atoms with Gasteiger partial charge in [0.1, 0.15) is 5.75 Å². The molecule has 0 atom stereocenters. The second-order valence-corrected chi connectivity index (χ2v) is 11.2. The number of hydrogen-bond acceptors (Lipinski definition) is 1. The molecule has 1 nitrogen and oxygen atoms in total. The minimum absolute atomic E-state index is 0.499. The van der Waals surface area contributed by atoms with E-state index in [0.717, 1.165) is 11.9 Å². The molecule has 0 saturated heterocycles. The van der Waals surface area contributed by atoms with Gasteiger partial charge in [0.15, 0.2) is 0 Å². The van der Waals surface area contributed by atoms with E-state index >= 15 is 0 Å². The first-order valence-electron chi connectivity index (χ1n) is 12.4. The molecular formula is C34H27OP. The van der Waals surface area contributed by atoms with Crippen LogP contribution in [0.5, 0.6) is 5.75 Å². The van der Waals surface area contributed by atoms with E-state index in [2.05, 4.69) is 140 Å². The van der Waals surface area contributed by atoms with E-state index in [1.807, 2.05) is 0 Å². The van der Waals surface area contributed by atoms with E-state index in [4.69, 9.17) is 4.74 Å². The van der Waals surface area contributed by atoms with Crippen molar-refractivity contribution in [3.63, 3.8) is 0 Å². The molecule has 0 spiro atoms. The SMILES string of the molecule is c1ccc(P(CCOc2ccc3ccccc3c2-c2cccc3ccccc23)c2ccccc2)cc1. The highest BCUT2D eigenvalue weighted by Gasteiger charge is 2.17. The minimum atomic E-state index is -0.499. The van der Waals surface area contributed by atoms with Gasteiger partial charge in [0, 0.05) is 11.7 Å². The van der Waals surface area contributed by atoms with Gasteiger partial charge in [-0.2, -0.15) is 0 Å². The van der Waals surface area contributed by atoms with E-state index in [1.54, 1.807) is 0 Å². The average Bonchev–Trinajstić information content (AvgIpc) is 2.96. The van der Waals surface area contributed by atoms with Gasteiger partial charge >= 0.3 is 0 Å². The standard InChI is InChI=1S/C34H27OP/c1-3-15-28(16-4-1)36(29-17-5-2-6-18-29)25-24-35-33-23-22-27-13-8-10-20-31(27)34(33)32-21-11-14-26-12-7-9-19-30(26)32/h1-23H,24-25H2. The molecule has 0 aliphatic rings. The van der Waals surface area contributed by atoms with Crippen molar-refractivity contribution in [1.29, 1.82) is 0 Å². The van der Waals surface area contributed by atoms with Gasteiger partial charge in [-0.3, -0.25) is 0 Å². The molecule has 0 saturated carbocycles. The first kappa shape index (κ1) is 22.5. The molecule has 0 heterocycles. The summed E-state index contributed by atoms with van der Waals surface area (Å²) in [7, 11) is -0.499. The van der Waals surface area contributed by atoms with Gasteiger partial charge in [-0.05, 0) is 51.7 Å². The normalized spacial score (nSPS) is 11.2. The van der Waals surface area contributed by atoms with Crippen molar-refractivity contribution < 1.29 is 4.74 Å². The van der Waals surface area contributed by atoms with Crippen LogP contribution in [0.4, 0.5) is 0 Å². The number of ether oxygens (including phenoxy) is 1. The Labute approximate surface area is 213 Å². The molecule has 0 aromatic heterocycles. The van der Waals surface area contributed by atoms with Crippen molar-refractivity contribution in [2.45, 2.75) is 0 Å². The molecule has 6 aromatic carbocycles. The Morgan fingerprint density at radius 3 is 1.72 bits per heavy atom. The maximum absolute atomic E-state index is 6.64. The molecule has 0 N–H and O–H groups in total. The lowest BCUT2D eigenvalue weighted by atomic mass is 9.93. The predicted octanol–water partition coefficient (Wildman–Crippen LogP) is 8.17. The van der Waals surface area contributed by atoms with Crippen molar-refractivity contribution in [3.8, 4) is 16.9 Å². The van der Waals surface area contributed by atoms with E-state index in [1.165, 1.54) is 43.3 Å². The molecule has 2 heteroatoms. The second-order valence-electron chi connectivity index (χ2n) is 8.86. The third-order valence-electron chi connectivity index (χ3n) is 6.66. The molecule has 0 fully saturated rings. The van der Waals surface area contributed by atoms with Gasteiger partial charge < -0.3 is 4.74 Å². The van der Waals surface area contributed by atoms with Crippen LogP contribution in [0.25, 0.3) is 32.7 Å². The van der Waals surface area contributed by atoms with Crippen molar-refractivity contribution in [2.24, 2.45) is 0 Å². The Balaban J connectivity index is 1.38. The fourth-order valence-electron chi connectivity index (χ4n) is 4.96. The third kappa shape index (κ3) is 4.51. The molecule has 0 unspecified atom stereocenters. The summed E-state index contributed by atoms with van der Waals surface area (Å²) < 4.78 is 6.64. The van der Waals surface area contributed by atoms with E-state index in [0.29, 0.717) is 6.61 Å². The zero-order valence-corrected chi connectivity index (χ0v) is 20.9. The highest BCUT2D eigenvalue weighted by atomic mass is 31.1. The average molecular weight is 483 g/mol. The lowest BCUT2D eigenvalue weighted by Gasteiger charge is -2.20. The van der Waals surface area contributed by atoms with Crippen molar-refractivity contribution in [1.82, 2.24) is 0 Å². The zero-order chi connectivity index (χ0) is 24.2.